The molecule has 9 heteroatoms. The number of hydrogen-bond donors (Lipinski definition) is 2. The second kappa shape index (κ2) is 5.95. The van der Waals surface area contributed by atoms with E-state index in [0.29, 0.717) is 11.2 Å². The Morgan fingerprint density at radius 3 is 2.95 bits per heavy atom. The van der Waals surface area contributed by atoms with Gasteiger partial charge in [-0.15, -0.1) is 0 Å². The summed E-state index contributed by atoms with van der Waals surface area (Å²) in [6.07, 6.45) is -1.07. The summed E-state index contributed by atoms with van der Waals surface area (Å²) in [6.45, 7) is 3.31. The number of alkyl halides is 1. The number of nitrogens with zero attached hydrogens (tertiary/aromatic N) is 4. The van der Waals surface area contributed by atoms with E-state index < -0.39 is 31.2 Å². The van der Waals surface area contributed by atoms with Crippen LogP contribution in [0.4, 0.5) is 4.39 Å². The molecule has 3 rings (SSSR count). The molecule has 0 saturated carbocycles. The van der Waals surface area contributed by atoms with Crippen LogP contribution in [0.25, 0.3) is 11.2 Å². The summed E-state index contributed by atoms with van der Waals surface area (Å²) in [7, 11) is 0. The Morgan fingerprint density at radius 2 is 2.27 bits per heavy atom. The lowest BCUT2D eigenvalue weighted by molar-refractivity contribution is -0.0459. The molecule has 4 atom stereocenters. The topological polar surface area (TPSA) is 103 Å². The van der Waals surface area contributed by atoms with Crippen molar-refractivity contribution in [2.45, 2.75) is 24.6 Å². The summed E-state index contributed by atoms with van der Waals surface area (Å²) in [6, 6.07) is 0. The number of aliphatic hydroxyl groups excluding tert-OH is 2. The average molecular weight is 310 g/mol. The highest BCUT2D eigenvalue weighted by Gasteiger charge is 2.45. The van der Waals surface area contributed by atoms with E-state index in [4.69, 9.17) is 14.6 Å². The molecule has 1 unspecified atom stereocenters. The largest absolute Gasteiger partial charge is 0.472 e. The normalized spacial score (nSPS) is 28.1. The summed E-state index contributed by atoms with van der Waals surface area (Å²) in [5.74, 6) is 0.247. The van der Waals surface area contributed by atoms with Crippen LogP contribution in [0.15, 0.2) is 25.3 Å². The zero-order valence-electron chi connectivity index (χ0n) is 11.5. The molecule has 1 saturated heterocycles. The van der Waals surface area contributed by atoms with E-state index in [1.165, 1.54) is 17.2 Å². The lowest BCUT2D eigenvalue weighted by atomic mass is 10.1. The first-order valence-electron chi connectivity index (χ1n) is 6.67. The second-order valence-electron chi connectivity index (χ2n) is 4.79. The van der Waals surface area contributed by atoms with E-state index in [2.05, 4.69) is 21.5 Å². The van der Waals surface area contributed by atoms with Crippen LogP contribution in [-0.2, 0) is 4.74 Å². The highest BCUT2D eigenvalue weighted by molar-refractivity contribution is 5.76. The molecule has 1 aliphatic rings. The van der Waals surface area contributed by atoms with E-state index in [1.54, 1.807) is 6.08 Å². The first-order chi connectivity index (χ1) is 10.7. The minimum atomic E-state index is -1.71. The van der Waals surface area contributed by atoms with E-state index >= 15 is 0 Å². The van der Waals surface area contributed by atoms with Crippen molar-refractivity contribution in [3.63, 3.8) is 0 Å². The average Bonchev–Trinajstić information content (AvgIpc) is 3.08. The Hall–Kier alpha value is -2.10. The molecule has 2 N–H and O–H groups in total. The fourth-order valence-electron chi connectivity index (χ4n) is 2.34. The van der Waals surface area contributed by atoms with Gasteiger partial charge in [-0.25, -0.2) is 14.4 Å². The molecule has 0 amide bonds. The van der Waals surface area contributed by atoms with Crippen molar-refractivity contribution < 1.29 is 24.1 Å². The van der Waals surface area contributed by atoms with Crippen LogP contribution in [0.1, 0.15) is 6.23 Å². The van der Waals surface area contributed by atoms with Gasteiger partial charge in [0.05, 0.1) is 12.9 Å². The van der Waals surface area contributed by atoms with Gasteiger partial charge in [0.25, 0.3) is 0 Å². The summed E-state index contributed by atoms with van der Waals surface area (Å²) in [5.41, 5.74) is 0.662. The SMILES string of the molecule is C=CCOc1ncnc2c1ncn2[C@@H]1OC(CO)[C@@H](O)[C@H]1F. The predicted molar refractivity (Wildman–Crippen MR) is 72.9 cm³/mol. The van der Waals surface area contributed by atoms with Crippen LogP contribution in [0, 0.1) is 0 Å². The van der Waals surface area contributed by atoms with Gasteiger partial charge in [-0.1, -0.05) is 12.7 Å². The van der Waals surface area contributed by atoms with Crippen molar-refractivity contribution in [2.24, 2.45) is 0 Å². The monoisotopic (exact) mass is 310 g/mol. The molecule has 22 heavy (non-hydrogen) atoms. The highest BCUT2D eigenvalue weighted by Crippen LogP contribution is 2.34. The predicted octanol–water partition coefficient (Wildman–Crippen LogP) is -0.0202. The first-order valence-corrected chi connectivity index (χ1v) is 6.67. The smallest absolute Gasteiger partial charge is 0.245 e. The maximum absolute atomic E-state index is 14.2. The summed E-state index contributed by atoms with van der Waals surface area (Å²) in [4.78, 5) is 12.1. The van der Waals surface area contributed by atoms with Gasteiger partial charge in [0.15, 0.2) is 23.6 Å². The van der Waals surface area contributed by atoms with E-state index in [-0.39, 0.29) is 12.5 Å². The molecule has 118 valence electrons. The minimum Gasteiger partial charge on any atom is -0.472 e. The molecular weight excluding hydrogens is 295 g/mol. The third-order valence-corrected chi connectivity index (χ3v) is 3.41. The van der Waals surface area contributed by atoms with Crippen LogP contribution >= 0.6 is 0 Å². The van der Waals surface area contributed by atoms with Crippen molar-refractivity contribution in [1.82, 2.24) is 19.5 Å². The van der Waals surface area contributed by atoms with Crippen LogP contribution in [0.5, 0.6) is 5.88 Å². The maximum Gasteiger partial charge on any atom is 0.245 e. The van der Waals surface area contributed by atoms with Crippen molar-refractivity contribution >= 4 is 11.2 Å². The van der Waals surface area contributed by atoms with Gasteiger partial charge in [-0.3, -0.25) is 4.57 Å². The first kappa shape index (κ1) is 14.8. The highest BCUT2D eigenvalue weighted by atomic mass is 19.1. The molecule has 0 spiro atoms. The number of imidazole rings is 1. The molecule has 0 radical (unpaired) electrons. The molecule has 0 aliphatic carbocycles. The fourth-order valence-corrected chi connectivity index (χ4v) is 2.34. The number of hydrogen-bond acceptors (Lipinski definition) is 7. The van der Waals surface area contributed by atoms with Gasteiger partial charge in [-0.05, 0) is 0 Å². The lowest BCUT2D eigenvalue weighted by Crippen LogP contribution is -2.30. The third kappa shape index (κ3) is 2.32. The van der Waals surface area contributed by atoms with Gasteiger partial charge in [0.1, 0.15) is 25.1 Å². The maximum atomic E-state index is 14.2. The Balaban J connectivity index is 1.97. The zero-order valence-corrected chi connectivity index (χ0v) is 11.5. The van der Waals surface area contributed by atoms with Crippen LogP contribution in [0.2, 0.25) is 0 Å². The number of ether oxygens (including phenoxy) is 2. The van der Waals surface area contributed by atoms with Crippen LogP contribution in [-0.4, -0.2) is 61.3 Å². The molecule has 3 heterocycles. The molecule has 2 aromatic rings. The zero-order chi connectivity index (χ0) is 15.7. The molecule has 1 fully saturated rings. The molecule has 0 aromatic carbocycles. The molecule has 1 aliphatic heterocycles. The van der Waals surface area contributed by atoms with E-state index in [1.807, 2.05) is 0 Å². The Morgan fingerprint density at radius 1 is 1.45 bits per heavy atom. The van der Waals surface area contributed by atoms with Gasteiger partial charge < -0.3 is 19.7 Å². The number of aromatic nitrogens is 4. The van der Waals surface area contributed by atoms with Gasteiger partial charge >= 0.3 is 0 Å². The van der Waals surface area contributed by atoms with Gasteiger partial charge in [0, 0.05) is 0 Å². The van der Waals surface area contributed by atoms with Gasteiger partial charge in [-0.2, -0.15) is 4.98 Å². The van der Waals surface area contributed by atoms with Crippen LogP contribution in [0.3, 0.4) is 0 Å². The van der Waals surface area contributed by atoms with E-state index in [9.17, 15) is 9.50 Å². The third-order valence-electron chi connectivity index (χ3n) is 3.41. The van der Waals surface area contributed by atoms with Crippen LogP contribution < -0.4 is 4.74 Å². The minimum absolute atomic E-state index is 0.246. The summed E-state index contributed by atoms with van der Waals surface area (Å²) in [5, 5.41) is 18.8. The summed E-state index contributed by atoms with van der Waals surface area (Å²) >= 11 is 0. The van der Waals surface area contributed by atoms with Crippen molar-refractivity contribution in [3.05, 3.63) is 25.3 Å². The number of aliphatic hydroxyl groups is 2. The van der Waals surface area contributed by atoms with Crippen molar-refractivity contribution in [1.29, 1.82) is 0 Å². The van der Waals surface area contributed by atoms with Crippen molar-refractivity contribution in [3.8, 4) is 5.88 Å². The van der Waals surface area contributed by atoms with Crippen molar-refractivity contribution in [2.75, 3.05) is 13.2 Å². The molecule has 0 bridgehead atoms. The fraction of sp³-hybridized carbons (Fsp3) is 0.462. The Labute approximate surface area is 124 Å². The number of rotatable bonds is 5. The second-order valence-corrected chi connectivity index (χ2v) is 4.79. The lowest BCUT2D eigenvalue weighted by Gasteiger charge is -2.14. The molecule has 2 aromatic heterocycles. The quantitative estimate of drug-likeness (QED) is 0.748. The summed E-state index contributed by atoms with van der Waals surface area (Å²) < 4.78 is 26.2. The number of fused-ring (bicyclic) bond motifs is 1. The Bertz CT molecular complexity index is 679. The van der Waals surface area contributed by atoms with E-state index in [0.717, 1.165) is 0 Å². The van der Waals surface area contributed by atoms with Gasteiger partial charge in [0.2, 0.25) is 5.88 Å². The Kier molecular flexibility index (Phi) is 4.01. The standard InChI is InChI=1S/C13H15FN4O4/c1-2-3-21-12-9-11(15-5-16-12)18(6-17-9)13-8(14)10(20)7(4-19)22-13/h2,5-8,10,13,19-20H,1,3-4H2/t7?,8-,10-,13-/m1/s1. The molecular formula is C13H15FN4O4. The molecule has 8 nitrogen and oxygen atoms in total. The number of halogens is 1.